The van der Waals surface area contributed by atoms with Gasteiger partial charge in [-0.05, 0) is 51.4 Å². The van der Waals surface area contributed by atoms with Crippen molar-refractivity contribution in [2.75, 3.05) is 40.9 Å². The fraction of sp³-hybridized carbons (Fsp3) is 0.879. The van der Waals surface area contributed by atoms with Gasteiger partial charge in [0, 0.05) is 6.42 Å². The van der Waals surface area contributed by atoms with Crippen molar-refractivity contribution in [2.24, 2.45) is 0 Å². The second kappa shape index (κ2) is 49.7. The summed E-state index contributed by atoms with van der Waals surface area (Å²) in [5, 5.41) is 13.9. The molecule has 0 spiro atoms. The lowest BCUT2D eigenvalue weighted by Crippen LogP contribution is -2.45. The average molecular weight is 966 g/mol. The van der Waals surface area contributed by atoms with Gasteiger partial charge < -0.3 is 28.8 Å². The number of hydrogen-bond acceptors (Lipinski definition) is 6. The van der Waals surface area contributed by atoms with Gasteiger partial charge in [0.25, 0.3) is 7.82 Å². The third-order valence-electron chi connectivity index (χ3n) is 13.1. The summed E-state index contributed by atoms with van der Waals surface area (Å²) in [6, 6.07) is -0.885. The first-order chi connectivity index (χ1) is 32.5. The summed E-state index contributed by atoms with van der Waals surface area (Å²) in [6.45, 7) is 4.67. The molecule has 0 fully saturated rings. The Bertz CT molecular complexity index is 1190. The average Bonchev–Trinajstić information content (AvgIpc) is 3.29. The highest BCUT2D eigenvalue weighted by Gasteiger charge is 2.23. The summed E-state index contributed by atoms with van der Waals surface area (Å²) in [6.07, 6.45) is 63.6. The van der Waals surface area contributed by atoms with Crippen molar-refractivity contribution < 1.29 is 32.9 Å². The Kier molecular flexibility index (Phi) is 48.7. The van der Waals surface area contributed by atoms with Gasteiger partial charge >= 0.3 is 0 Å². The van der Waals surface area contributed by atoms with Gasteiger partial charge in [0.05, 0.1) is 39.9 Å². The van der Waals surface area contributed by atoms with E-state index in [1.807, 2.05) is 27.2 Å². The zero-order valence-electron chi connectivity index (χ0n) is 45.1. The van der Waals surface area contributed by atoms with Crippen LogP contribution < -0.4 is 10.2 Å². The molecule has 0 aromatic carbocycles. The molecule has 0 aliphatic heterocycles. The van der Waals surface area contributed by atoms with Gasteiger partial charge in [-0.1, -0.05) is 256 Å². The zero-order chi connectivity index (χ0) is 49.2. The molecule has 0 rings (SSSR count). The number of quaternary nitrogens is 1. The van der Waals surface area contributed by atoms with Crippen molar-refractivity contribution in [1.29, 1.82) is 0 Å². The first-order valence-electron chi connectivity index (χ1n) is 28.9. The van der Waals surface area contributed by atoms with Gasteiger partial charge in [0.2, 0.25) is 5.91 Å². The van der Waals surface area contributed by atoms with Crippen molar-refractivity contribution in [3.63, 3.8) is 0 Å². The van der Waals surface area contributed by atoms with Gasteiger partial charge in [0.1, 0.15) is 13.2 Å². The Labute approximate surface area is 417 Å². The van der Waals surface area contributed by atoms with E-state index in [0.29, 0.717) is 17.4 Å². The molecule has 3 atom stereocenters. The van der Waals surface area contributed by atoms with E-state index in [9.17, 15) is 19.4 Å². The summed E-state index contributed by atoms with van der Waals surface area (Å²) < 4.78 is 23.3. The molecule has 396 valence electrons. The number of aliphatic hydroxyl groups is 1. The Morgan fingerprint density at radius 1 is 0.522 bits per heavy atom. The van der Waals surface area contributed by atoms with Gasteiger partial charge in [-0.3, -0.25) is 9.36 Å². The van der Waals surface area contributed by atoms with E-state index in [1.54, 1.807) is 6.08 Å². The first-order valence-corrected chi connectivity index (χ1v) is 30.3. The van der Waals surface area contributed by atoms with Crippen LogP contribution in [0.15, 0.2) is 36.5 Å². The maximum absolute atomic E-state index is 13.0. The predicted molar refractivity (Wildman–Crippen MR) is 288 cm³/mol. The lowest BCUT2D eigenvalue weighted by Gasteiger charge is -2.29. The topological polar surface area (TPSA) is 108 Å². The molecule has 0 aliphatic carbocycles. The molecule has 0 radical (unpaired) electrons. The van der Waals surface area contributed by atoms with E-state index in [-0.39, 0.29) is 19.1 Å². The molecule has 9 heteroatoms. The van der Waals surface area contributed by atoms with E-state index < -0.39 is 20.0 Å². The molecular formula is C58H113N2O6P. The number of rotatable bonds is 53. The number of hydrogen-bond donors (Lipinski definition) is 2. The van der Waals surface area contributed by atoms with E-state index >= 15 is 0 Å². The summed E-state index contributed by atoms with van der Waals surface area (Å²) in [5.41, 5.74) is 0. The number of likely N-dealkylation sites (N-methyl/N-ethyl adjacent to an activating group) is 1. The molecule has 3 unspecified atom stereocenters. The minimum atomic E-state index is -4.59. The fourth-order valence-corrected chi connectivity index (χ4v) is 9.26. The van der Waals surface area contributed by atoms with E-state index in [0.717, 1.165) is 44.9 Å². The van der Waals surface area contributed by atoms with Crippen molar-refractivity contribution >= 4 is 13.7 Å². The number of carbonyl (C=O) groups excluding carboxylic acids is 1. The molecular weight excluding hydrogens is 852 g/mol. The third-order valence-corrected chi connectivity index (χ3v) is 14.1. The monoisotopic (exact) mass is 965 g/mol. The first kappa shape index (κ1) is 65.7. The van der Waals surface area contributed by atoms with Crippen molar-refractivity contribution in [2.45, 2.75) is 289 Å². The molecule has 67 heavy (non-hydrogen) atoms. The van der Waals surface area contributed by atoms with E-state index in [4.69, 9.17) is 9.05 Å². The minimum absolute atomic E-state index is 0.000360. The zero-order valence-corrected chi connectivity index (χ0v) is 46.0. The smallest absolute Gasteiger partial charge is 0.268 e. The summed E-state index contributed by atoms with van der Waals surface area (Å²) in [4.78, 5) is 25.5. The standard InChI is InChI=1S/C58H113N2O6P/c1-6-8-10-12-14-16-18-20-22-24-25-26-27-28-29-30-31-32-33-34-35-36-38-40-42-44-46-48-50-52-58(62)59-56(55-66-67(63,64)65-54-53-60(3,4)5)57(61)51-49-47-45-43-41-39-37-23-21-19-17-15-13-11-9-7-2/h18,20,24-25,49,51,56-57,61H,6-17,19,21-23,26-48,50,52-55H2,1-5H3,(H-,59,62,63,64)/b20-18-,25-24-,51-49+. The number of nitrogens with one attached hydrogen (secondary N) is 1. The number of phosphoric ester groups is 1. The lowest BCUT2D eigenvalue weighted by atomic mass is 10.0. The third kappa shape index (κ3) is 52.4. The Morgan fingerprint density at radius 2 is 0.866 bits per heavy atom. The quantitative estimate of drug-likeness (QED) is 0.0272. The van der Waals surface area contributed by atoms with E-state index in [2.05, 4.69) is 43.5 Å². The molecule has 1 amide bonds. The number of unbranched alkanes of at least 4 members (excludes halogenated alkanes) is 36. The molecule has 8 nitrogen and oxygen atoms in total. The highest BCUT2D eigenvalue weighted by atomic mass is 31.2. The van der Waals surface area contributed by atoms with Crippen LogP contribution in [-0.4, -0.2) is 68.5 Å². The minimum Gasteiger partial charge on any atom is -0.756 e. The fourth-order valence-electron chi connectivity index (χ4n) is 8.54. The SMILES string of the molecule is CCCCCCC/C=C\C/C=C\CCCCCCCCCCCCCCCCCCCC(=O)NC(COP(=O)([O-])OCC[N+](C)(C)C)C(O)/C=C/CCCCCCCCCCCCCCCC. The van der Waals surface area contributed by atoms with Crippen LogP contribution in [-0.2, 0) is 18.4 Å². The molecule has 0 aromatic heterocycles. The summed E-state index contributed by atoms with van der Waals surface area (Å²) in [7, 11) is 1.27. The second-order valence-electron chi connectivity index (χ2n) is 21.0. The second-order valence-corrected chi connectivity index (χ2v) is 22.4. The maximum Gasteiger partial charge on any atom is 0.268 e. The van der Waals surface area contributed by atoms with Gasteiger partial charge in [-0.25, -0.2) is 0 Å². The largest absolute Gasteiger partial charge is 0.756 e. The Balaban J connectivity index is 4.11. The highest BCUT2D eigenvalue weighted by Crippen LogP contribution is 2.38. The van der Waals surface area contributed by atoms with Gasteiger partial charge in [-0.2, -0.15) is 0 Å². The number of allylic oxidation sites excluding steroid dienone is 5. The van der Waals surface area contributed by atoms with E-state index in [1.165, 1.54) is 212 Å². The Hall–Kier alpha value is -1.28. The molecule has 2 N–H and O–H groups in total. The number of carbonyl (C=O) groups is 1. The number of nitrogens with zero attached hydrogens (tertiary/aromatic N) is 1. The highest BCUT2D eigenvalue weighted by molar-refractivity contribution is 7.45. The molecule has 0 saturated heterocycles. The van der Waals surface area contributed by atoms with Crippen molar-refractivity contribution in [3.8, 4) is 0 Å². The van der Waals surface area contributed by atoms with Crippen LogP contribution >= 0.6 is 7.82 Å². The van der Waals surface area contributed by atoms with Crippen LogP contribution in [0.2, 0.25) is 0 Å². The van der Waals surface area contributed by atoms with Crippen LogP contribution in [0.25, 0.3) is 0 Å². The van der Waals surface area contributed by atoms with Gasteiger partial charge in [-0.15, -0.1) is 0 Å². The molecule has 0 saturated carbocycles. The van der Waals surface area contributed by atoms with Crippen molar-refractivity contribution in [3.05, 3.63) is 36.5 Å². The molecule has 0 bridgehead atoms. The van der Waals surface area contributed by atoms with Crippen LogP contribution in [0.5, 0.6) is 0 Å². The molecule has 0 aliphatic rings. The number of amides is 1. The maximum atomic E-state index is 13.0. The predicted octanol–water partition coefficient (Wildman–Crippen LogP) is 16.7. The van der Waals surface area contributed by atoms with Crippen LogP contribution in [0.3, 0.4) is 0 Å². The normalized spacial score (nSPS) is 14.2. The lowest BCUT2D eigenvalue weighted by molar-refractivity contribution is -0.870. The summed E-state index contributed by atoms with van der Waals surface area (Å²) >= 11 is 0. The van der Waals surface area contributed by atoms with Crippen LogP contribution in [0, 0.1) is 0 Å². The number of phosphoric acid groups is 1. The van der Waals surface area contributed by atoms with Crippen LogP contribution in [0.4, 0.5) is 0 Å². The van der Waals surface area contributed by atoms with Crippen molar-refractivity contribution in [1.82, 2.24) is 5.32 Å². The Morgan fingerprint density at radius 3 is 1.24 bits per heavy atom. The number of aliphatic hydroxyl groups excluding tert-OH is 1. The molecule has 0 heterocycles. The van der Waals surface area contributed by atoms with Crippen LogP contribution in [0.1, 0.15) is 277 Å². The molecule has 0 aromatic rings. The van der Waals surface area contributed by atoms with Gasteiger partial charge in [0.15, 0.2) is 0 Å². The summed E-state index contributed by atoms with van der Waals surface area (Å²) in [5.74, 6) is -0.194.